The van der Waals surface area contributed by atoms with Crippen LogP contribution in [0.25, 0.3) is 82.5 Å². The van der Waals surface area contributed by atoms with Crippen LogP contribution in [0, 0.1) is 0 Å². The fourth-order valence-electron chi connectivity index (χ4n) is 8.55. The molecule has 0 aliphatic rings. The van der Waals surface area contributed by atoms with E-state index in [-0.39, 0.29) is 0 Å². The van der Waals surface area contributed by atoms with Crippen molar-refractivity contribution < 1.29 is 0 Å². The highest BCUT2D eigenvalue weighted by molar-refractivity contribution is 6.23. The van der Waals surface area contributed by atoms with Gasteiger partial charge in [0.15, 0.2) is 0 Å². The molecule has 0 N–H and O–H groups in total. The molecule has 0 saturated carbocycles. The zero-order valence-corrected chi connectivity index (χ0v) is 30.4. The van der Waals surface area contributed by atoms with E-state index in [0.29, 0.717) is 0 Å². The number of benzene rings is 9. The lowest BCUT2D eigenvalue weighted by atomic mass is 9.95. The summed E-state index contributed by atoms with van der Waals surface area (Å²) in [5, 5.41) is 7.10. The van der Waals surface area contributed by atoms with Gasteiger partial charge in [-0.2, -0.15) is 0 Å². The fraction of sp³-hybridized carbons (Fsp3) is 0. The Morgan fingerprint density at radius 1 is 0.357 bits per heavy atom. The molecule has 0 atom stereocenters. The van der Waals surface area contributed by atoms with Crippen LogP contribution in [-0.4, -0.2) is 14.5 Å². The second-order valence-electron chi connectivity index (χ2n) is 14.2. The van der Waals surface area contributed by atoms with Crippen molar-refractivity contribution in [2.75, 3.05) is 4.90 Å². The topological polar surface area (TPSA) is 34.0 Å². The summed E-state index contributed by atoms with van der Waals surface area (Å²) in [7, 11) is 0. The summed E-state index contributed by atoms with van der Waals surface area (Å²) in [5.41, 5.74) is 12.6. The van der Waals surface area contributed by atoms with Crippen molar-refractivity contribution in [3.05, 3.63) is 206 Å². The fourth-order valence-corrected chi connectivity index (χ4v) is 8.55. The first kappa shape index (κ1) is 31.9. The van der Waals surface area contributed by atoms with Crippen molar-refractivity contribution in [3.8, 4) is 28.1 Å². The lowest BCUT2D eigenvalue weighted by Crippen LogP contribution is -2.11. The van der Waals surface area contributed by atoms with Crippen LogP contribution >= 0.6 is 0 Å². The third-order valence-corrected chi connectivity index (χ3v) is 11.0. The largest absolute Gasteiger partial charge is 0.310 e. The van der Waals surface area contributed by atoms with Crippen LogP contribution in [-0.2, 0) is 0 Å². The highest BCUT2D eigenvalue weighted by Gasteiger charge is 2.21. The molecule has 56 heavy (non-hydrogen) atoms. The van der Waals surface area contributed by atoms with Crippen LogP contribution < -0.4 is 4.90 Å². The Kier molecular flexibility index (Phi) is 7.46. The summed E-state index contributed by atoms with van der Waals surface area (Å²) in [6, 6.07) is 71.1. The summed E-state index contributed by atoms with van der Waals surface area (Å²) in [5.74, 6) is 0. The maximum absolute atomic E-state index is 5.40. The molecule has 0 saturated heterocycles. The van der Waals surface area contributed by atoms with Gasteiger partial charge in [0.2, 0.25) is 0 Å². The standard InChI is InChI=1S/C52H34N4/c1-2-16-35(17-3-1)55(36-30-32-37(33-31-36)56-49-28-14-11-23-43(49)44-24-12-15-29-50(44)56)48-27-13-10-22-42(48)40-20-4-7-21-41(40)47-34-53-51-45-25-8-5-18-38(45)39-19-6-9-26-46(39)52(51)54-47/h1-34H. The predicted octanol–water partition coefficient (Wildman–Crippen LogP) is 13.8. The van der Waals surface area contributed by atoms with E-state index < -0.39 is 0 Å². The maximum Gasteiger partial charge on any atom is 0.0979 e. The van der Waals surface area contributed by atoms with E-state index in [0.717, 1.165) is 66.9 Å². The molecule has 0 radical (unpaired) electrons. The highest BCUT2D eigenvalue weighted by atomic mass is 15.1. The van der Waals surface area contributed by atoms with Crippen molar-refractivity contribution in [2.24, 2.45) is 0 Å². The number of para-hydroxylation sites is 4. The first-order valence-corrected chi connectivity index (χ1v) is 19.0. The Labute approximate surface area is 324 Å². The van der Waals surface area contributed by atoms with Crippen molar-refractivity contribution in [3.63, 3.8) is 0 Å². The molecule has 11 aromatic rings. The van der Waals surface area contributed by atoms with Gasteiger partial charge in [0, 0.05) is 49.7 Å². The summed E-state index contributed by atoms with van der Waals surface area (Å²) in [6.45, 7) is 0. The van der Waals surface area contributed by atoms with Gasteiger partial charge in [0.1, 0.15) is 0 Å². The molecule has 2 aromatic heterocycles. The van der Waals surface area contributed by atoms with Gasteiger partial charge < -0.3 is 9.47 Å². The number of hydrogen-bond donors (Lipinski definition) is 0. The molecule has 0 bridgehead atoms. The summed E-state index contributed by atoms with van der Waals surface area (Å²) in [6.07, 6.45) is 1.94. The lowest BCUT2D eigenvalue weighted by Gasteiger charge is -2.28. The van der Waals surface area contributed by atoms with Crippen LogP contribution in [0.1, 0.15) is 0 Å². The van der Waals surface area contributed by atoms with Crippen LogP contribution in [0.5, 0.6) is 0 Å². The van der Waals surface area contributed by atoms with E-state index >= 15 is 0 Å². The Morgan fingerprint density at radius 2 is 0.839 bits per heavy atom. The Balaban J connectivity index is 1.07. The van der Waals surface area contributed by atoms with Gasteiger partial charge in [-0.05, 0) is 70.9 Å². The molecular formula is C52H34N4. The van der Waals surface area contributed by atoms with E-state index in [1.165, 1.54) is 32.6 Å². The second kappa shape index (κ2) is 13.1. The molecule has 0 unspecified atom stereocenters. The van der Waals surface area contributed by atoms with Crippen molar-refractivity contribution in [1.29, 1.82) is 0 Å². The molecule has 11 rings (SSSR count). The van der Waals surface area contributed by atoms with Crippen LogP contribution in [0.15, 0.2) is 206 Å². The molecule has 2 heterocycles. The number of rotatable bonds is 6. The number of fused-ring (bicyclic) bond motifs is 9. The van der Waals surface area contributed by atoms with Crippen LogP contribution in [0.2, 0.25) is 0 Å². The van der Waals surface area contributed by atoms with Crippen molar-refractivity contribution in [2.45, 2.75) is 0 Å². The summed E-state index contributed by atoms with van der Waals surface area (Å²) >= 11 is 0. The SMILES string of the molecule is c1ccc(N(c2ccc(-n3c4ccccc4c4ccccc43)cc2)c2ccccc2-c2ccccc2-c2cnc3c4ccccc4c4ccccc4c3n2)cc1. The minimum absolute atomic E-state index is 0.838. The normalized spacial score (nSPS) is 11.6. The average molecular weight is 715 g/mol. The minimum atomic E-state index is 0.838. The quantitative estimate of drug-likeness (QED) is 0.161. The highest BCUT2D eigenvalue weighted by Crippen LogP contribution is 2.44. The smallest absolute Gasteiger partial charge is 0.0979 e. The molecule has 9 aromatic carbocycles. The van der Waals surface area contributed by atoms with Gasteiger partial charge in [0.25, 0.3) is 0 Å². The monoisotopic (exact) mass is 714 g/mol. The molecule has 0 amide bonds. The van der Waals surface area contributed by atoms with Gasteiger partial charge >= 0.3 is 0 Å². The predicted molar refractivity (Wildman–Crippen MR) is 234 cm³/mol. The van der Waals surface area contributed by atoms with Crippen LogP contribution in [0.4, 0.5) is 17.1 Å². The third-order valence-electron chi connectivity index (χ3n) is 11.0. The van der Waals surface area contributed by atoms with Crippen LogP contribution in [0.3, 0.4) is 0 Å². The Bertz CT molecular complexity index is 3170. The number of hydrogen-bond acceptors (Lipinski definition) is 3. The van der Waals surface area contributed by atoms with Gasteiger partial charge in [0.05, 0.1) is 39.6 Å². The van der Waals surface area contributed by atoms with Crippen molar-refractivity contribution in [1.82, 2.24) is 14.5 Å². The van der Waals surface area contributed by atoms with Crippen molar-refractivity contribution >= 4 is 71.4 Å². The lowest BCUT2D eigenvalue weighted by molar-refractivity contribution is 1.17. The summed E-state index contributed by atoms with van der Waals surface area (Å²) in [4.78, 5) is 12.9. The van der Waals surface area contributed by atoms with Gasteiger partial charge in [-0.25, -0.2) is 4.98 Å². The third kappa shape index (κ3) is 5.08. The number of nitrogens with zero attached hydrogens (tertiary/aromatic N) is 4. The van der Waals surface area contributed by atoms with E-state index in [1.54, 1.807) is 0 Å². The number of aromatic nitrogens is 3. The maximum atomic E-state index is 5.40. The summed E-state index contributed by atoms with van der Waals surface area (Å²) < 4.78 is 2.36. The Hall–Kier alpha value is -7.56. The van der Waals surface area contributed by atoms with Gasteiger partial charge in [-0.15, -0.1) is 0 Å². The van der Waals surface area contributed by atoms with E-state index in [4.69, 9.17) is 9.97 Å². The molecular weight excluding hydrogens is 681 g/mol. The first-order chi connectivity index (χ1) is 27.8. The molecule has 0 fully saturated rings. The molecule has 4 nitrogen and oxygen atoms in total. The van der Waals surface area contributed by atoms with E-state index in [2.05, 4.69) is 210 Å². The van der Waals surface area contributed by atoms with Gasteiger partial charge in [-0.3, -0.25) is 4.98 Å². The van der Waals surface area contributed by atoms with E-state index in [9.17, 15) is 0 Å². The molecule has 262 valence electrons. The second-order valence-corrected chi connectivity index (χ2v) is 14.2. The zero-order chi connectivity index (χ0) is 37.0. The number of anilines is 3. The molecule has 0 spiro atoms. The van der Waals surface area contributed by atoms with Gasteiger partial charge in [-0.1, -0.05) is 146 Å². The first-order valence-electron chi connectivity index (χ1n) is 19.0. The molecule has 0 aliphatic carbocycles. The Morgan fingerprint density at radius 3 is 1.50 bits per heavy atom. The minimum Gasteiger partial charge on any atom is -0.310 e. The van der Waals surface area contributed by atoms with E-state index in [1.807, 2.05) is 6.20 Å². The average Bonchev–Trinajstić information content (AvgIpc) is 3.62. The molecule has 4 heteroatoms. The molecule has 0 aliphatic heterocycles. The zero-order valence-electron chi connectivity index (χ0n) is 30.4.